The maximum atomic E-state index is 5.67. The van der Waals surface area contributed by atoms with Gasteiger partial charge in [-0.05, 0) is 12.1 Å². The molecule has 0 amide bonds. The van der Waals surface area contributed by atoms with Crippen molar-refractivity contribution in [3.05, 3.63) is 28.0 Å². The molecule has 0 N–H and O–H groups in total. The summed E-state index contributed by atoms with van der Waals surface area (Å²) in [6, 6.07) is 3.32. The van der Waals surface area contributed by atoms with Crippen LogP contribution in [0.1, 0.15) is 12.0 Å². The molecule has 0 aromatic carbocycles. The van der Waals surface area contributed by atoms with E-state index < -0.39 is 0 Å². The van der Waals surface area contributed by atoms with Crippen LogP contribution in [-0.4, -0.2) is 10.9 Å². The van der Waals surface area contributed by atoms with Crippen molar-refractivity contribution in [2.45, 2.75) is 6.42 Å². The van der Waals surface area contributed by atoms with Gasteiger partial charge in [-0.1, -0.05) is 35.0 Å². The van der Waals surface area contributed by atoms with Gasteiger partial charge in [-0.15, -0.1) is 11.6 Å². The van der Waals surface area contributed by atoms with Crippen LogP contribution in [-0.2, 0) is 0 Å². The second kappa shape index (κ2) is 5.34. The molecule has 1 aromatic heterocycles. The zero-order chi connectivity index (χ0) is 9.68. The molecule has 0 bridgehead atoms. The predicted octanol–water partition coefficient (Wildman–Crippen LogP) is 3.37. The van der Waals surface area contributed by atoms with Crippen LogP contribution >= 0.6 is 34.8 Å². The first-order valence-corrected chi connectivity index (χ1v) is 4.89. The highest BCUT2D eigenvalue weighted by Crippen LogP contribution is 2.13. The van der Waals surface area contributed by atoms with Crippen molar-refractivity contribution in [3.63, 3.8) is 0 Å². The summed E-state index contributed by atoms with van der Waals surface area (Å²) in [5.74, 6) is 6.29. The van der Waals surface area contributed by atoms with E-state index in [0.717, 1.165) is 5.56 Å². The van der Waals surface area contributed by atoms with Crippen LogP contribution in [0, 0.1) is 11.8 Å². The highest BCUT2D eigenvalue weighted by Gasteiger charge is 1.95. The number of halogens is 3. The lowest BCUT2D eigenvalue weighted by molar-refractivity contribution is 1.28. The van der Waals surface area contributed by atoms with E-state index in [-0.39, 0.29) is 0 Å². The lowest BCUT2D eigenvalue weighted by Gasteiger charge is -1.93. The molecule has 0 radical (unpaired) electrons. The van der Waals surface area contributed by atoms with Crippen LogP contribution in [0.3, 0.4) is 0 Å². The quantitative estimate of drug-likeness (QED) is 0.412. The molecule has 0 spiro atoms. The maximum absolute atomic E-state index is 5.67. The fourth-order valence-electron chi connectivity index (χ4n) is 0.749. The SMILES string of the molecule is ClCCC#Cc1cc(Cl)nc(Cl)c1. The first kappa shape index (κ1) is 10.7. The summed E-state index contributed by atoms with van der Waals surface area (Å²) >= 11 is 16.8. The van der Waals surface area contributed by atoms with Crippen molar-refractivity contribution >= 4 is 34.8 Å². The van der Waals surface area contributed by atoms with Crippen molar-refractivity contribution in [2.75, 3.05) is 5.88 Å². The number of aromatic nitrogens is 1. The summed E-state index contributed by atoms with van der Waals surface area (Å²) in [6.07, 6.45) is 0.652. The van der Waals surface area contributed by atoms with Crippen LogP contribution in [0.2, 0.25) is 10.3 Å². The summed E-state index contributed by atoms with van der Waals surface area (Å²) in [5.41, 5.74) is 0.759. The molecule has 1 rings (SSSR count). The fraction of sp³-hybridized carbons (Fsp3) is 0.222. The Labute approximate surface area is 92.0 Å². The third kappa shape index (κ3) is 3.87. The van der Waals surface area contributed by atoms with E-state index in [2.05, 4.69) is 16.8 Å². The molecule has 0 unspecified atom stereocenters. The third-order valence-corrected chi connectivity index (χ3v) is 1.79. The Hall–Kier alpha value is -0.420. The van der Waals surface area contributed by atoms with Crippen molar-refractivity contribution in [3.8, 4) is 11.8 Å². The summed E-state index contributed by atoms with van der Waals surface area (Å²) < 4.78 is 0. The van der Waals surface area contributed by atoms with Gasteiger partial charge in [-0.3, -0.25) is 0 Å². The molecule has 13 heavy (non-hydrogen) atoms. The van der Waals surface area contributed by atoms with E-state index in [1.165, 1.54) is 0 Å². The van der Waals surface area contributed by atoms with Crippen LogP contribution in [0.15, 0.2) is 12.1 Å². The molecular formula is C9H6Cl3N. The molecule has 0 aliphatic rings. The van der Waals surface area contributed by atoms with Crippen molar-refractivity contribution < 1.29 is 0 Å². The Kier molecular flexibility index (Phi) is 4.38. The standard InChI is InChI=1S/C9H6Cl3N/c10-4-2-1-3-7-5-8(11)13-9(12)6-7/h5-6H,2,4H2. The molecule has 0 saturated carbocycles. The van der Waals surface area contributed by atoms with Gasteiger partial charge < -0.3 is 0 Å². The molecule has 4 heteroatoms. The van der Waals surface area contributed by atoms with Gasteiger partial charge in [0.2, 0.25) is 0 Å². The lowest BCUT2D eigenvalue weighted by Crippen LogP contribution is -1.80. The second-order valence-electron chi connectivity index (χ2n) is 2.24. The number of hydrogen-bond donors (Lipinski definition) is 0. The Morgan fingerprint density at radius 3 is 2.38 bits per heavy atom. The van der Waals surface area contributed by atoms with Crippen molar-refractivity contribution in [1.29, 1.82) is 0 Å². The first-order valence-electron chi connectivity index (χ1n) is 3.60. The Balaban J connectivity index is 2.85. The molecule has 0 atom stereocenters. The Morgan fingerprint density at radius 2 is 1.85 bits per heavy atom. The number of rotatable bonds is 1. The van der Waals surface area contributed by atoms with Gasteiger partial charge in [0, 0.05) is 17.9 Å². The molecule has 0 fully saturated rings. The lowest BCUT2D eigenvalue weighted by atomic mass is 10.3. The monoisotopic (exact) mass is 233 g/mol. The number of hydrogen-bond acceptors (Lipinski definition) is 1. The normalized spacial score (nSPS) is 9.15. The van der Waals surface area contributed by atoms with Gasteiger partial charge in [0.1, 0.15) is 10.3 Å². The van der Waals surface area contributed by atoms with Gasteiger partial charge in [0.25, 0.3) is 0 Å². The molecule has 0 aliphatic carbocycles. The van der Waals surface area contributed by atoms with Crippen molar-refractivity contribution in [1.82, 2.24) is 4.98 Å². The highest BCUT2D eigenvalue weighted by atomic mass is 35.5. The maximum Gasteiger partial charge on any atom is 0.132 e. The number of alkyl halides is 1. The second-order valence-corrected chi connectivity index (χ2v) is 3.39. The number of nitrogens with zero attached hydrogens (tertiary/aromatic N) is 1. The zero-order valence-corrected chi connectivity index (χ0v) is 8.92. The van der Waals surface area contributed by atoms with Crippen molar-refractivity contribution in [2.24, 2.45) is 0 Å². The van der Waals surface area contributed by atoms with Gasteiger partial charge in [0.15, 0.2) is 0 Å². The minimum atomic E-state index is 0.350. The molecule has 0 saturated heterocycles. The van der Waals surface area contributed by atoms with Gasteiger partial charge in [-0.25, -0.2) is 4.98 Å². The summed E-state index contributed by atoms with van der Waals surface area (Å²) in [4.78, 5) is 3.80. The summed E-state index contributed by atoms with van der Waals surface area (Å²) in [5, 5.41) is 0.699. The minimum Gasteiger partial charge on any atom is -0.224 e. The van der Waals surface area contributed by atoms with Crippen LogP contribution < -0.4 is 0 Å². The largest absolute Gasteiger partial charge is 0.224 e. The predicted molar refractivity (Wildman–Crippen MR) is 56.5 cm³/mol. The van der Waals surface area contributed by atoms with E-state index in [1.807, 2.05) is 0 Å². The average molecular weight is 235 g/mol. The number of pyridine rings is 1. The molecule has 1 heterocycles. The van der Waals surface area contributed by atoms with Gasteiger partial charge in [0.05, 0.1) is 0 Å². The summed E-state index contributed by atoms with van der Waals surface area (Å²) in [6.45, 7) is 0. The molecule has 1 nitrogen and oxygen atoms in total. The van der Waals surface area contributed by atoms with E-state index in [0.29, 0.717) is 22.6 Å². The summed E-state index contributed by atoms with van der Waals surface area (Å²) in [7, 11) is 0. The van der Waals surface area contributed by atoms with E-state index in [4.69, 9.17) is 34.8 Å². The third-order valence-electron chi connectivity index (χ3n) is 1.22. The van der Waals surface area contributed by atoms with E-state index >= 15 is 0 Å². The Morgan fingerprint density at radius 1 is 1.23 bits per heavy atom. The van der Waals surface area contributed by atoms with Crippen LogP contribution in [0.4, 0.5) is 0 Å². The van der Waals surface area contributed by atoms with E-state index in [9.17, 15) is 0 Å². The highest BCUT2D eigenvalue weighted by molar-refractivity contribution is 6.32. The molecule has 1 aromatic rings. The van der Waals surface area contributed by atoms with Crippen LogP contribution in [0.25, 0.3) is 0 Å². The van der Waals surface area contributed by atoms with Gasteiger partial charge >= 0.3 is 0 Å². The first-order chi connectivity index (χ1) is 6.22. The Bertz CT molecular complexity index is 331. The van der Waals surface area contributed by atoms with Crippen LogP contribution in [0.5, 0.6) is 0 Å². The van der Waals surface area contributed by atoms with E-state index in [1.54, 1.807) is 12.1 Å². The smallest absolute Gasteiger partial charge is 0.132 e. The molecular weight excluding hydrogens is 228 g/mol. The minimum absolute atomic E-state index is 0.350. The zero-order valence-electron chi connectivity index (χ0n) is 6.65. The fourth-order valence-corrected chi connectivity index (χ4v) is 1.30. The molecule has 68 valence electrons. The average Bonchev–Trinajstić information content (AvgIpc) is 2.03. The topological polar surface area (TPSA) is 12.9 Å². The molecule has 0 aliphatic heterocycles. The van der Waals surface area contributed by atoms with Gasteiger partial charge in [-0.2, -0.15) is 0 Å².